The number of nitrogens with zero attached hydrogens (tertiary/aromatic N) is 1. The Morgan fingerprint density at radius 1 is 1.21 bits per heavy atom. The predicted octanol–water partition coefficient (Wildman–Crippen LogP) is 4.09. The van der Waals surface area contributed by atoms with E-state index < -0.39 is 35.6 Å². The lowest BCUT2D eigenvalue weighted by Crippen LogP contribution is -2.45. The van der Waals surface area contributed by atoms with Crippen LogP contribution in [-0.4, -0.2) is 57.5 Å². The van der Waals surface area contributed by atoms with Crippen molar-refractivity contribution in [3.8, 4) is 0 Å². The van der Waals surface area contributed by atoms with E-state index in [1.54, 1.807) is 32.1 Å². The first kappa shape index (κ1) is 27.0. The molecule has 3 heterocycles. The Morgan fingerprint density at radius 2 is 1.91 bits per heavy atom. The van der Waals surface area contributed by atoms with Crippen LogP contribution in [0.3, 0.4) is 0 Å². The number of aryl methyl sites for hydroxylation is 1. The molecule has 8 heteroatoms. The molecule has 0 saturated carbocycles. The lowest BCUT2D eigenvalue weighted by molar-refractivity contribution is -0.154. The molecule has 0 aromatic carbocycles. The van der Waals surface area contributed by atoms with Gasteiger partial charge < -0.3 is 19.7 Å². The molecule has 7 atom stereocenters. The summed E-state index contributed by atoms with van der Waals surface area (Å²) in [4.78, 5) is 30.5. The zero-order chi connectivity index (χ0) is 25.2. The van der Waals surface area contributed by atoms with Crippen LogP contribution in [0.2, 0.25) is 0 Å². The number of hydrogen-bond acceptors (Lipinski definition) is 8. The molecule has 2 fully saturated rings. The average molecular weight is 494 g/mol. The topological polar surface area (TPSA) is 109 Å². The van der Waals surface area contributed by atoms with Gasteiger partial charge in [-0.25, -0.2) is 4.98 Å². The highest BCUT2D eigenvalue weighted by molar-refractivity contribution is 7.09. The fraction of sp³-hybridized carbons (Fsp3) is 0.731. The number of carbonyl (C=O) groups excluding carboxylic acids is 2. The number of aromatic nitrogens is 1. The number of aliphatic hydroxyl groups excluding tert-OH is 2. The number of esters is 1. The van der Waals surface area contributed by atoms with Gasteiger partial charge in [0.15, 0.2) is 0 Å². The van der Waals surface area contributed by atoms with Crippen molar-refractivity contribution in [1.82, 2.24) is 4.98 Å². The Labute approximate surface area is 206 Å². The van der Waals surface area contributed by atoms with Gasteiger partial charge in [-0.2, -0.15) is 0 Å². The van der Waals surface area contributed by atoms with Crippen molar-refractivity contribution in [2.45, 2.75) is 104 Å². The smallest absolute Gasteiger partial charge is 0.309 e. The molecule has 1 aromatic rings. The molecule has 1 aromatic heterocycles. The predicted molar refractivity (Wildman–Crippen MR) is 131 cm³/mol. The number of hydrogen-bond donors (Lipinski definition) is 2. The molecule has 7 nitrogen and oxygen atoms in total. The molecule has 0 aliphatic carbocycles. The van der Waals surface area contributed by atoms with Crippen LogP contribution >= 0.6 is 11.3 Å². The van der Waals surface area contributed by atoms with Gasteiger partial charge in [-0.05, 0) is 44.3 Å². The Morgan fingerprint density at radius 3 is 2.56 bits per heavy atom. The lowest BCUT2D eigenvalue weighted by Gasteiger charge is -2.34. The third-order valence-corrected chi connectivity index (χ3v) is 8.20. The van der Waals surface area contributed by atoms with Crippen LogP contribution in [0.25, 0.3) is 6.08 Å². The molecule has 34 heavy (non-hydrogen) atoms. The largest absolute Gasteiger partial charge is 0.458 e. The standard InChI is InChI=1S/C26H39NO6S/c1-14-8-7-9-19-21(32-19)11-20(15(2)10-18-13-34-17(4)27-18)33-23(29)12-22(28)26(5,6)25(31)16(3)24(14)30/h10,13-14,16,19-22,24,28,30H,7-9,11-12H2,1-6H3/b15-10+/t14-,16-,19+,20-,21-,22-,24-/m0/s1. The number of ether oxygens (including phenoxy) is 2. The first-order valence-electron chi connectivity index (χ1n) is 12.3. The number of aliphatic hydroxyl groups is 2. The van der Waals surface area contributed by atoms with Crippen molar-refractivity contribution in [3.63, 3.8) is 0 Å². The maximum Gasteiger partial charge on any atom is 0.309 e. The molecule has 2 aliphatic heterocycles. The fourth-order valence-electron chi connectivity index (χ4n) is 4.78. The summed E-state index contributed by atoms with van der Waals surface area (Å²) in [5, 5.41) is 24.5. The average Bonchev–Trinajstić information content (AvgIpc) is 3.38. The van der Waals surface area contributed by atoms with Crippen molar-refractivity contribution in [1.29, 1.82) is 0 Å². The highest BCUT2D eigenvalue weighted by Gasteiger charge is 2.44. The minimum absolute atomic E-state index is 0.00770. The quantitative estimate of drug-likeness (QED) is 0.472. The summed E-state index contributed by atoms with van der Waals surface area (Å²) in [5.41, 5.74) is 0.494. The van der Waals surface area contributed by atoms with Gasteiger partial charge in [0.1, 0.15) is 11.9 Å². The second-order valence-electron chi connectivity index (χ2n) is 10.6. The van der Waals surface area contributed by atoms with E-state index in [0.717, 1.165) is 35.5 Å². The maximum atomic E-state index is 13.2. The zero-order valence-corrected chi connectivity index (χ0v) is 21.9. The number of carbonyl (C=O) groups is 2. The Bertz CT molecular complexity index is 909. The van der Waals surface area contributed by atoms with Gasteiger partial charge >= 0.3 is 5.97 Å². The van der Waals surface area contributed by atoms with Gasteiger partial charge in [0.05, 0.1) is 47.0 Å². The van der Waals surface area contributed by atoms with E-state index in [1.165, 1.54) is 0 Å². The summed E-state index contributed by atoms with van der Waals surface area (Å²) in [5.74, 6) is -1.52. The SMILES string of the molecule is C/C(=C\c1csc(C)n1)[C@@H]1C[C@@H]2O[C@@H]2CCC[C@H](C)[C@H](O)[C@H](C)C(=O)C(C)(C)[C@@H](O)CC(=O)O1. The van der Waals surface area contributed by atoms with Crippen LogP contribution in [0.15, 0.2) is 11.0 Å². The van der Waals surface area contributed by atoms with Gasteiger partial charge in [-0.15, -0.1) is 11.3 Å². The molecule has 0 bridgehead atoms. The summed E-state index contributed by atoms with van der Waals surface area (Å²) >= 11 is 1.56. The molecule has 190 valence electrons. The van der Waals surface area contributed by atoms with E-state index in [4.69, 9.17) is 9.47 Å². The van der Waals surface area contributed by atoms with E-state index in [0.29, 0.717) is 6.42 Å². The molecule has 0 spiro atoms. The molecule has 0 unspecified atom stereocenters. The van der Waals surface area contributed by atoms with E-state index in [1.807, 2.05) is 32.2 Å². The Kier molecular flexibility index (Phi) is 8.71. The maximum absolute atomic E-state index is 13.2. The zero-order valence-electron chi connectivity index (χ0n) is 21.1. The number of thiazole rings is 1. The number of fused-ring (bicyclic) bond motifs is 1. The lowest BCUT2D eigenvalue weighted by atomic mass is 9.73. The van der Waals surface area contributed by atoms with Crippen molar-refractivity contribution in [2.24, 2.45) is 17.3 Å². The number of ketones is 1. The third-order valence-electron chi connectivity index (χ3n) is 7.41. The van der Waals surface area contributed by atoms with Gasteiger partial charge in [0.25, 0.3) is 0 Å². The second kappa shape index (κ2) is 11.0. The van der Waals surface area contributed by atoms with Crippen LogP contribution < -0.4 is 0 Å². The summed E-state index contributed by atoms with van der Waals surface area (Å²) in [6, 6.07) is 0. The fourth-order valence-corrected chi connectivity index (χ4v) is 5.35. The Hall–Kier alpha value is -1.61. The summed E-state index contributed by atoms with van der Waals surface area (Å²) in [6.07, 6.45) is 2.28. The molecular formula is C26H39NO6S. The van der Waals surface area contributed by atoms with Crippen molar-refractivity contribution in [2.75, 3.05) is 0 Å². The van der Waals surface area contributed by atoms with Gasteiger partial charge in [-0.3, -0.25) is 9.59 Å². The van der Waals surface area contributed by atoms with Gasteiger partial charge in [0, 0.05) is 17.7 Å². The van der Waals surface area contributed by atoms with Crippen molar-refractivity contribution < 1.29 is 29.3 Å². The van der Waals surface area contributed by atoms with Crippen molar-refractivity contribution >= 4 is 29.2 Å². The molecule has 0 radical (unpaired) electrons. The highest BCUT2D eigenvalue weighted by Crippen LogP contribution is 2.36. The van der Waals surface area contributed by atoms with E-state index in [-0.39, 0.29) is 30.3 Å². The van der Waals surface area contributed by atoms with E-state index in [9.17, 15) is 19.8 Å². The minimum atomic E-state index is -1.22. The molecule has 0 amide bonds. The molecule has 2 aliphatic rings. The van der Waals surface area contributed by atoms with Crippen molar-refractivity contribution in [3.05, 3.63) is 21.7 Å². The summed E-state index contributed by atoms with van der Waals surface area (Å²) < 4.78 is 11.7. The van der Waals surface area contributed by atoms with Crippen LogP contribution in [0.5, 0.6) is 0 Å². The normalized spacial score (nSPS) is 36.0. The van der Waals surface area contributed by atoms with E-state index >= 15 is 0 Å². The monoisotopic (exact) mass is 493 g/mol. The number of epoxide rings is 1. The van der Waals surface area contributed by atoms with Crippen LogP contribution in [0.4, 0.5) is 0 Å². The molecular weight excluding hydrogens is 454 g/mol. The second-order valence-corrected chi connectivity index (χ2v) is 11.7. The molecule has 3 rings (SSSR count). The first-order chi connectivity index (χ1) is 15.9. The summed E-state index contributed by atoms with van der Waals surface area (Å²) in [6.45, 7) is 10.8. The minimum Gasteiger partial charge on any atom is -0.458 e. The van der Waals surface area contributed by atoms with Gasteiger partial charge in [0.2, 0.25) is 0 Å². The Balaban J connectivity index is 1.81. The number of cyclic esters (lactones) is 1. The molecule has 2 N–H and O–H groups in total. The first-order valence-corrected chi connectivity index (χ1v) is 13.1. The third kappa shape index (κ3) is 6.53. The van der Waals surface area contributed by atoms with E-state index in [2.05, 4.69) is 4.98 Å². The van der Waals surface area contributed by atoms with Gasteiger partial charge in [-0.1, -0.05) is 34.1 Å². The van der Waals surface area contributed by atoms with Crippen LogP contribution in [0.1, 0.15) is 77.4 Å². The molecule has 2 saturated heterocycles. The number of Topliss-reactive ketones (excluding diaryl/α,β-unsaturated/α-hetero) is 1. The number of rotatable bonds is 2. The van der Waals surface area contributed by atoms with Crippen LogP contribution in [0, 0.1) is 24.2 Å². The van der Waals surface area contributed by atoms with Crippen LogP contribution in [-0.2, 0) is 19.1 Å². The highest BCUT2D eigenvalue weighted by atomic mass is 32.1. The summed E-state index contributed by atoms with van der Waals surface area (Å²) in [7, 11) is 0.